The zero-order chi connectivity index (χ0) is 18.5. The molecule has 1 rings (SSSR count). The first-order chi connectivity index (χ1) is 11.1. The Hall–Kier alpha value is -1.35. The van der Waals surface area contributed by atoms with E-state index in [1.807, 2.05) is 6.92 Å². The van der Waals surface area contributed by atoms with Gasteiger partial charge in [-0.1, -0.05) is 36.5 Å². The average molecular weight is 396 g/mol. The van der Waals surface area contributed by atoms with Gasteiger partial charge >= 0.3 is 0 Å². The van der Waals surface area contributed by atoms with Crippen LogP contribution in [0.25, 0.3) is 0 Å². The average Bonchev–Trinajstić information content (AvgIpc) is 2.44. The second-order valence-electron chi connectivity index (χ2n) is 5.22. The van der Waals surface area contributed by atoms with E-state index in [0.717, 1.165) is 12.5 Å². The molecule has 0 radical (unpaired) electrons. The van der Waals surface area contributed by atoms with Gasteiger partial charge in [0.1, 0.15) is 4.90 Å². The van der Waals surface area contributed by atoms with Crippen LogP contribution in [0.5, 0.6) is 0 Å². The summed E-state index contributed by atoms with van der Waals surface area (Å²) in [6, 6.07) is 1.95. The van der Waals surface area contributed by atoms with Crippen molar-refractivity contribution < 1.29 is 18.0 Å². The number of benzene rings is 1. The van der Waals surface area contributed by atoms with Gasteiger partial charge in [-0.25, -0.2) is 13.1 Å². The Morgan fingerprint density at radius 3 is 2.42 bits per heavy atom. The number of hydrogen-bond acceptors (Lipinski definition) is 4. The molecule has 0 heterocycles. The molecule has 0 saturated carbocycles. The number of primary amides is 1. The molecule has 4 N–H and O–H groups in total. The van der Waals surface area contributed by atoms with Gasteiger partial charge in [-0.15, -0.1) is 0 Å². The van der Waals surface area contributed by atoms with E-state index < -0.39 is 28.4 Å². The normalized spacial score (nSPS) is 12.7. The van der Waals surface area contributed by atoms with Gasteiger partial charge in [0.2, 0.25) is 15.9 Å². The van der Waals surface area contributed by atoms with Gasteiger partial charge in [-0.2, -0.15) is 0 Å². The minimum Gasteiger partial charge on any atom is -0.368 e. The zero-order valence-corrected chi connectivity index (χ0v) is 15.6. The van der Waals surface area contributed by atoms with Gasteiger partial charge in [0.25, 0.3) is 5.91 Å². The summed E-state index contributed by atoms with van der Waals surface area (Å²) in [4.78, 5) is 22.5. The molecule has 0 fully saturated rings. The summed E-state index contributed by atoms with van der Waals surface area (Å²) < 4.78 is 27.4. The SMILES string of the molecule is CCC[C@@H](C)NS(=O)(=O)c1cc(C(=O)NCC(N)=O)c(Cl)cc1Cl. The van der Waals surface area contributed by atoms with E-state index in [0.29, 0.717) is 6.42 Å². The molecule has 0 aromatic heterocycles. The fourth-order valence-corrected chi connectivity index (χ4v) is 4.13. The lowest BCUT2D eigenvalue weighted by molar-refractivity contribution is -0.117. The van der Waals surface area contributed by atoms with Crippen LogP contribution < -0.4 is 15.8 Å². The van der Waals surface area contributed by atoms with Gasteiger partial charge in [0.15, 0.2) is 0 Å². The minimum atomic E-state index is -3.93. The fraction of sp³-hybridized carbons (Fsp3) is 0.429. The number of amides is 2. The third kappa shape index (κ3) is 5.62. The van der Waals surface area contributed by atoms with Crippen LogP contribution in [0.4, 0.5) is 0 Å². The van der Waals surface area contributed by atoms with Crippen LogP contribution in [0, 0.1) is 0 Å². The van der Waals surface area contributed by atoms with Crippen LogP contribution in [0.3, 0.4) is 0 Å². The van der Waals surface area contributed by atoms with Crippen LogP contribution in [0.1, 0.15) is 37.0 Å². The zero-order valence-electron chi connectivity index (χ0n) is 13.2. The van der Waals surface area contributed by atoms with E-state index >= 15 is 0 Å². The van der Waals surface area contributed by atoms with Gasteiger partial charge in [-0.3, -0.25) is 9.59 Å². The van der Waals surface area contributed by atoms with Crippen molar-refractivity contribution in [2.24, 2.45) is 5.73 Å². The maximum atomic E-state index is 12.4. The van der Waals surface area contributed by atoms with E-state index in [-0.39, 0.29) is 26.5 Å². The summed E-state index contributed by atoms with van der Waals surface area (Å²) in [5.41, 5.74) is 4.83. The number of carbonyl (C=O) groups excluding carboxylic acids is 2. The van der Waals surface area contributed by atoms with Gasteiger partial charge in [-0.05, 0) is 25.5 Å². The highest BCUT2D eigenvalue weighted by Gasteiger charge is 2.24. The van der Waals surface area contributed by atoms with Crippen LogP contribution in [0.15, 0.2) is 17.0 Å². The Bertz CT molecular complexity index is 738. The minimum absolute atomic E-state index is 0.0393. The summed E-state index contributed by atoms with van der Waals surface area (Å²) in [7, 11) is -3.93. The van der Waals surface area contributed by atoms with Crippen molar-refractivity contribution in [2.75, 3.05) is 6.54 Å². The van der Waals surface area contributed by atoms with Crippen LogP contribution >= 0.6 is 23.2 Å². The van der Waals surface area contributed by atoms with E-state index in [4.69, 9.17) is 28.9 Å². The molecule has 0 spiro atoms. The fourth-order valence-electron chi connectivity index (χ4n) is 1.99. The Balaban J connectivity index is 3.18. The van der Waals surface area contributed by atoms with Crippen molar-refractivity contribution in [3.8, 4) is 0 Å². The van der Waals surface area contributed by atoms with Crippen LogP contribution in [0.2, 0.25) is 10.0 Å². The Kier molecular flexibility index (Phi) is 7.47. The third-order valence-electron chi connectivity index (χ3n) is 3.06. The number of nitrogens with one attached hydrogen (secondary N) is 2. The maximum Gasteiger partial charge on any atom is 0.253 e. The topological polar surface area (TPSA) is 118 Å². The Labute approximate surface area is 150 Å². The van der Waals surface area contributed by atoms with Crippen molar-refractivity contribution in [1.82, 2.24) is 10.0 Å². The molecule has 0 saturated heterocycles. The predicted molar refractivity (Wildman–Crippen MR) is 92.7 cm³/mol. The van der Waals surface area contributed by atoms with Gasteiger partial charge in [0.05, 0.1) is 22.2 Å². The number of carbonyl (C=O) groups is 2. The second kappa shape index (κ2) is 8.66. The molecule has 2 amide bonds. The smallest absolute Gasteiger partial charge is 0.253 e. The van der Waals surface area contributed by atoms with Crippen molar-refractivity contribution in [1.29, 1.82) is 0 Å². The van der Waals surface area contributed by atoms with E-state index in [9.17, 15) is 18.0 Å². The molecule has 1 aromatic carbocycles. The first-order valence-corrected chi connectivity index (χ1v) is 9.40. The molecule has 0 unspecified atom stereocenters. The molecule has 0 aliphatic carbocycles. The van der Waals surface area contributed by atoms with Crippen molar-refractivity contribution >= 4 is 45.0 Å². The first-order valence-electron chi connectivity index (χ1n) is 7.16. The number of hydrogen-bond donors (Lipinski definition) is 3. The highest BCUT2D eigenvalue weighted by Crippen LogP contribution is 2.29. The lowest BCUT2D eigenvalue weighted by atomic mass is 10.2. The van der Waals surface area contributed by atoms with Crippen molar-refractivity contribution in [3.05, 3.63) is 27.7 Å². The molecule has 0 aliphatic heterocycles. The summed E-state index contributed by atoms with van der Waals surface area (Å²) in [5.74, 6) is -1.47. The summed E-state index contributed by atoms with van der Waals surface area (Å²) in [5, 5.41) is 2.09. The third-order valence-corrected chi connectivity index (χ3v) is 5.42. The van der Waals surface area contributed by atoms with Gasteiger partial charge < -0.3 is 11.1 Å². The number of sulfonamides is 1. The number of rotatable bonds is 8. The molecule has 134 valence electrons. The van der Waals surface area contributed by atoms with Crippen molar-refractivity contribution in [3.63, 3.8) is 0 Å². The summed E-state index contributed by atoms with van der Waals surface area (Å²) in [6.07, 6.45) is 1.45. The number of halogens is 2. The standard InChI is InChI=1S/C14H19Cl2N3O4S/c1-3-4-8(2)19-24(22,23)12-5-9(10(15)6-11(12)16)14(21)18-7-13(17)20/h5-6,8,19H,3-4,7H2,1-2H3,(H2,17,20)(H,18,21)/t8-/m1/s1. The maximum absolute atomic E-state index is 12.4. The Morgan fingerprint density at radius 1 is 1.25 bits per heavy atom. The molecule has 0 bridgehead atoms. The van der Waals surface area contributed by atoms with Crippen LogP contribution in [-0.2, 0) is 14.8 Å². The highest BCUT2D eigenvalue weighted by atomic mass is 35.5. The lowest BCUT2D eigenvalue weighted by Gasteiger charge is -2.15. The summed E-state index contributed by atoms with van der Waals surface area (Å²) >= 11 is 11.9. The van der Waals surface area contributed by atoms with Gasteiger partial charge in [0, 0.05) is 6.04 Å². The molecule has 7 nitrogen and oxygen atoms in total. The molecular formula is C14H19Cl2N3O4S. The van der Waals surface area contributed by atoms with E-state index in [1.54, 1.807) is 6.92 Å². The van der Waals surface area contributed by atoms with E-state index in [2.05, 4.69) is 10.0 Å². The molecule has 1 aromatic rings. The molecule has 24 heavy (non-hydrogen) atoms. The second-order valence-corrected chi connectivity index (χ2v) is 7.72. The van der Waals surface area contributed by atoms with E-state index in [1.165, 1.54) is 6.07 Å². The molecule has 10 heteroatoms. The molecular weight excluding hydrogens is 377 g/mol. The number of nitrogens with two attached hydrogens (primary N) is 1. The monoisotopic (exact) mass is 395 g/mol. The Morgan fingerprint density at radius 2 is 1.88 bits per heavy atom. The quantitative estimate of drug-likeness (QED) is 0.619. The molecule has 1 atom stereocenters. The highest BCUT2D eigenvalue weighted by molar-refractivity contribution is 7.89. The molecule has 0 aliphatic rings. The summed E-state index contributed by atoms with van der Waals surface area (Å²) in [6.45, 7) is 3.26. The predicted octanol–water partition coefficient (Wildman–Crippen LogP) is 1.68. The largest absolute Gasteiger partial charge is 0.368 e. The van der Waals surface area contributed by atoms with Crippen LogP contribution in [-0.4, -0.2) is 32.8 Å². The first kappa shape index (κ1) is 20.7. The van der Waals surface area contributed by atoms with Crippen molar-refractivity contribution in [2.45, 2.75) is 37.6 Å². The lowest BCUT2D eigenvalue weighted by Crippen LogP contribution is -2.34.